The van der Waals surface area contributed by atoms with E-state index in [1.165, 1.54) is 12.1 Å². The summed E-state index contributed by atoms with van der Waals surface area (Å²) >= 11 is 0. The topological polar surface area (TPSA) is 109 Å². The van der Waals surface area contributed by atoms with Gasteiger partial charge < -0.3 is 10.8 Å². The van der Waals surface area contributed by atoms with Crippen LogP contribution in [0.5, 0.6) is 0 Å². The third-order valence-corrected chi connectivity index (χ3v) is 4.66. The van der Waals surface area contributed by atoms with Crippen molar-refractivity contribution in [1.29, 1.82) is 0 Å². The molecule has 118 valence electrons. The van der Waals surface area contributed by atoms with Crippen LogP contribution in [0.3, 0.4) is 0 Å². The number of hydrogen-bond donors (Lipinski definition) is 3. The highest BCUT2D eigenvalue weighted by molar-refractivity contribution is 7.89. The monoisotopic (exact) mass is 314 g/mol. The van der Waals surface area contributed by atoms with Crippen LogP contribution in [0.25, 0.3) is 0 Å². The van der Waals surface area contributed by atoms with E-state index in [0.29, 0.717) is 12.0 Å². The summed E-state index contributed by atoms with van der Waals surface area (Å²) in [6.07, 6.45) is -0.327. The third kappa shape index (κ3) is 5.11. The Labute approximate surface area is 125 Å². The Morgan fingerprint density at radius 2 is 2.05 bits per heavy atom. The van der Waals surface area contributed by atoms with Crippen molar-refractivity contribution in [3.05, 3.63) is 29.8 Å². The Morgan fingerprint density at radius 3 is 2.57 bits per heavy atom. The molecule has 0 bridgehead atoms. The molecule has 0 saturated heterocycles. The summed E-state index contributed by atoms with van der Waals surface area (Å²) in [4.78, 5) is 11.0. The molecule has 0 heterocycles. The molecule has 1 atom stereocenters. The van der Waals surface area contributed by atoms with Crippen LogP contribution in [-0.2, 0) is 14.8 Å². The standard InChI is InChI=1S/C14H22N2O4S/c1-4-12(17)10-6-5-7-11(8-10)21(19,20)16-14(2,3)9-13(15)18/h5-8,12,16-17H,4,9H2,1-3H3,(H2,15,18). The van der Waals surface area contributed by atoms with Crippen LogP contribution in [0.4, 0.5) is 0 Å². The first-order chi connectivity index (χ1) is 9.57. The maximum absolute atomic E-state index is 12.3. The molecule has 0 spiro atoms. The average molecular weight is 314 g/mol. The summed E-state index contributed by atoms with van der Waals surface area (Å²) in [5, 5.41) is 9.79. The molecule has 1 aromatic rings. The molecule has 1 rings (SSSR count). The predicted molar refractivity (Wildman–Crippen MR) is 79.9 cm³/mol. The number of carbonyl (C=O) groups excluding carboxylic acids is 1. The van der Waals surface area contributed by atoms with E-state index in [-0.39, 0.29) is 11.3 Å². The predicted octanol–water partition coefficient (Wildman–Crippen LogP) is 1.06. The van der Waals surface area contributed by atoms with E-state index >= 15 is 0 Å². The number of rotatable bonds is 7. The first-order valence-electron chi connectivity index (χ1n) is 6.68. The molecule has 0 radical (unpaired) electrons. The summed E-state index contributed by atoms with van der Waals surface area (Å²) in [5.74, 6) is -0.585. The smallest absolute Gasteiger partial charge is 0.241 e. The molecule has 7 heteroatoms. The highest BCUT2D eigenvalue weighted by atomic mass is 32.2. The van der Waals surface area contributed by atoms with Crippen LogP contribution in [-0.4, -0.2) is 25.0 Å². The van der Waals surface area contributed by atoms with Gasteiger partial charge >= 0.3 is 0 Å². The molecule has 1 unspecified atom stereocenters. The number of carbonyl (C=O) groups is 1. The molecule has 21 heavy (non-hydrogen) atoms. The lowest BCUT2D eigenvalue weighted by Gasteiger charge is -2.24. The van der Waals surface area contributed by atoms with Crippen molar-refractivity contribution in [3.63, 3.8) is 0 Å². The van der Waals surface area contributed by atoms with E-state index in [1.807, 2.05) is 0 Å². The highest BCUT2D eigenvalue weighted by Crippen LogP contribution is 2.21. The number of primary amides is 1. The molecule has 0 aromatic heterocycles. The minimum absolute atomic E-state index is 0.0463. The molecule has 4 N–H and O–H groups in total. The van der Waals surface area contributed by atoms with E-state index in [2.05, 4.69) is 4.72 Å². The average Bonchev–Trinajstić information content (AvgIpc) is 2.35. The van der Waals surface area contributed by atoms with Crippen LogP contribution in [0.1, 0.15) is 45.3 Å². The lowest BCUT2D eigenvalue weighted by atomic mass is 10.0. The zero-order valence-electron chi connectivity index (χ0n) is 12.5. The zero-order valence-corrected chi connectivity index (χ0v) is 13.3. The Kier molecular flexibility index (Phi) is 5.49. The maximum Gasteiger partial charge on any atom is 0.241 e. The van der Waals surface area contributed by atoms with Crippen LogP contribution in [0.15, 0.2) is 29.2 Å². The minimum Gasteiger partial charge on any atom is -0.388 e. The minimum atomic E-state index is -3.80. The zero-order chi connectivity index (χ0) is 16.3. The van der Waals surface area contributed by atoms with E-state index in [1.54, 1.807) is 32.9 Å². The Bertz CT molecular complexity index is 611. The summed E-state index contributed by atoms with van der Waals surface area (Å²) < 4.78 is 27.1. The van der Waals surface area contributed by atoms with Crippen LogP contribution >= 0.6 is 0 Å². The van der Waals surface area contributed by atoms with Gasteiger partial charge in [-0.25, -0.2) is 13.1 Å². The number of aliphatic hydroxyl groups excluding tert-OH is 1. The summed E-state index contributed by atoms with van der Waals surface area (Å²) in [7, 11) is -3.80. The molecule has 0 aliphatic carbocycles. The van der Waals surface area contributed by atoms with Gasteiger partial charge in [0.2, 0.25) is 15.9 Å². The number of nitrogens with two attached hydrogens (primary N) is 1. The lowest BCUT2D eigenvalue weighted by Crippen LogP contribution is -2.45. The van der Waals surface area contributed by atoms with Gasteiger partial charge in [-0.3, -0.25) is 4.79 Å². The van der Waals surface area contributed by atoms with Gasteiger partial charge in [-0.1, -0.05) is 19.1 Å². The van der Waals surface area contributed by atoms with Crippen molar-refractivity contribution in [1.82, 2.24) is 4.72 Å². The molecular weight excluding hydrogens is 292 g/mol. The van der Waals surface area contributed by atoms with E-state index in [4.69, 9.17) is 5.73 Å². The van der Waals surface area contributed by atoms with Gasteiger partial charge in [-0.05, 0) is 38.0 Å². The number of benzene rings is 1. The normalized spacial score (nSPS) is 13.9. The van der Waals surface area contributed by atoms with Crippen molar-refractivity contribution < 1.29 is 18.3 Å². The Balaban J connectivity index is 3.06. The van der Waals surface area contributed by atoms with Crippen molar-refractivity contribution >= 4 is 15.9 Å². The van der Waals surface area contributed by atoms with E-state index < -0.39 is 27.6 Å². The quantitative estimate of drug-likeness (QED) is 0.699. The molecule has 0 aliphatic heterocycles. The van der Waals surface area contributed by atoms with E-state index in [0.717, 1.165) is 0 Å². The molecule has 0 saturated carbocycles. The van der Waals surface area contributed by atoms with Gasteiger partial charge in [0.15, 0.2) is 0 Å². The van der Waals surface area contributed by atoms with Crippen molar-refractivity contribution in [2.24, 2.45) is 5.73 Å². The second-order valence-corrected chi connectivity index (χ2v) is 7.31. The molecule has 0 fully saturated rings. The number of nitrogens with one attached hydrogen (secondary N) is 1. The molecule has 0 aliphatic rings. The van der Waals surface area contributed by atoms with Crippen molar-refractivity contribution in [2.45, 2.75) is 50.2 Å². The first-order valence-corrected chi connectivity index (χ1v) is 8.16. The summed E-state index contributed by atoms with van der Waals surface area (Å²) in [5.41, 5.74) is 4.66. The fourth-order valence-corrected chi connectivity index (χ4v) is 3.49. The van der Waals surface area contributed by atoms with Crippen LogP contribution in [0, 0.1) is 0 Å². The maximum atomic E-state index is 12.3. The second-order valence-electron chi connectivity index (χ2n) is 5.63. The highest BCUT2D eigenvalue weighted by Gasteiger charge is 2.28. The van der Waals surface area contributed by atoms with Gasteiger partial charge in [0.25, 0.3) is 0 Å². The van der Waals surface area contributed by atoms with Crippen LogP contribution < -0.4 is 10.5 Å². The van der Waals surface area contributed by atoms with Crippen LogP contribution in [0.2, 0.25) is 0 Å². The van der Waals surface area contributed by atoms with Gasteiger partial charge in [0, 0.05) is 12.0 Å². The van der Waals surface area contributed by atoms with Crippen molar-refractivity contribution in [2.75, 3.05) is 0 Å². The van der Waals surface area contributed by atoms with Crippen molar-refractivity contribution in [3.8, 4) is 0 Å². The van der Waals surface area contributed by atoms with Gasteiger partial charge in [-0.15, -0.1) is 0 Å². The number of hydrogen-bond acceptors (Lipinski definition) is 4. The van der Waals surface area contributed by atoms with E-state index in [9.17, 15) is 18.3 Å². The Morgan fingerprint density at radius 1 is 1.43 bits per heavy atom. The van der Waals surface area contributed by atoms with Gasteiger partial charge in [-0.2, -0.15) is 0 Å². The SMILES string of the molecule is CCC(O)c1cccc(S(=O)(=O)NC(C)(C)CC(N)=O)c1. The third-order valence-electron chi connectivity index (χ3n) is 2.97. The Hall–Kier alpha value is -1.44. The first kappa shape index (κ1) is 17.6. The van der Waals surface area contributed by atoms with Gasteiger partial charge in [0.05, 0.1) is 11.0 Å². The summed E-state index contributed by atoms with van der Waals surface area (Å²) in [6.45, 7) is 4.97. The molecule has 6 nitrogen and oxygen atoms in total. The van der Waals surface area contributed by atoms with Gasteiger partial charge in [0.1, 0.15) is 0 Å². The molecule has 1 aromatic carbocycles. The number of amides is 1. The largest absolute Gasteiger partial charge is 0.388 e. The molecule has 1 amide bonds. The second kappa shape index (κ2) is 6.55. The summed E-state index contributed by atoms with van der Waals surface area (Å²) in [6, 6.07) is 6.11. The lowest BCUT2D eigenvalue weighted by molar-refractivity contribution is -0.119. The number of aliphatic hydroxyl groups is 1. The fourth-order valence-electron chi connectivity index (χ4n) is 2.02. The number of sulfonamides is 1. The molecular formula is C14H22N2O4S. The fraction of sp³-hybridized carbons (Fsp3) is 0.500.